The van der Waals surface area contributed by atoms with Gasteiger partial charge in [-0.1, -0.05) is 0 Å². The van der Waals surface area contributed by atoms with Crippen LogP contribution in [0.3, 0.4) is 0 Å². The number of thiophene rings is 1. The van der Waals surface area contributed by atoms with Crippen molar-refractivity contribution in [2.75, 3.05) is 6.61 Å². The number of carbonyl (C=O) groups is 1. The average Bonchev–Trinajstić information content (AvgIpc) is 2.26. The molecule has 0 aliphatic rings. The van der Waals surface area contributed by atoms with Crippen LogP contribution in [0.4, 0.5) is 0 Å². The maximum Gasteiger partial charge on any atom is 0.341 e. The van der Waals surface area contributed by atoms with Crippen molar-refractivity contribution in [2.45, 2.75) is 6.92 Å². The van der Waals surface area contributed by atoms with E-state index < -0.39 is 5.97 Å². The summed E-state index contributed by atoms with van der Waals surface area (Å²) >= 11 is 4.68. The molecule has 0 bridgehead atoms. The lowest BCUT2D eigenvalue weighted by atomic mass is 10.5. The zero-order valence-corrected chi connectivity index (χ0v) is 8.74. The molecule has 66 valence electrons. The number of aryl methyl sites for hydroxylation is 1. The van der Waals surface area contributed by atoms with E-state index in [-0.39, 0.29) is 6.61 Å². The molecule has 0 saturated carbocycles. The van der Waals surface area contributed by atoms with E-state index in [4.69, 9.17) is 9.84 Å². The SMILES string of the molecule is Cc1cc(Br)c(OCC(=O)O)s1. The van der Waals surface area contributed by atoms with E-state index in [0.717, 1.165) is 9.35 Å². The van der Waals surface area contributed by atoms with Crippen molar-refractivity contribution in [3.8, 4) is 5.06 Å². The fourth-order valence-electron chi connectivity index (χ4n) is 0.688. The van der Waals surface area contributed by atoms with Crippen molar-refractivity contribution >= 4 is 33.2 Å². The first-order chi connectivity index (χ1) is 5.59. The number of aliphatic carboxylic acids is 1. The van der Waals surface area contributed by atoms with Crippen LogP contribution in [0.5, 0.6) is 5.06 Å². The molecule has 12 heavy (non-hydrogen) atoms. The van der Waals surface area contributed by atoms with Crippen LogP contribution in [0, 0.1) is 6.92 Å². The summed E-state index contributed by atoms with van der Waals surface area (Å²) in [5.41, 5.74) is 0. The molecule has 0 radical (unpaired) electrons. The third-order valence-electron chi connectivity index (χ3n) is 1.11. The summed E-state index contributed by atoms with van der Waals surface area (Å²) < 4.78 is 5.80. The van der Waals surface area contributed by atoms with Gasteiger partial charge in [0.05, 0.1) is 4.47 Å². The van der Waals surface area contributed by atoms with Crippen LogP contribution in [-0.4, -0.2) is 17.7 Å². The van der Waals surface area contributed by atoms with Crippen LogP contribution in [0.15, 0.2) is 10.5 Å². The molecule has 0 spiro atoms. The third-order valence-corrected chi connectivity index (χ3v) is 2.92. The van der Waals surface area contributed by atoms with E-state index >= 15 is 0 Å². The van der Waals surface area contributed by atoms with Gasteiger partial charge < -0.3 is 9.84 Å². The number of rotatable bonds is 3. The summed E-state index contributed by atoms with van der Waals surface area (Å²) in [5.74, 6) is -0.965. The normalized spacial score (nSPS) is 9.83. The van der Waals surface area contributed by atoms with Gasteiger partial charge in [-0.15, -0.1) is 11.3 Å². The Labute approximate surface area is 82.1 Å². The van der Waals surface area contributed by atoms with Crippen LogP contribution in [0.25, 0.3) is 0 Å². The molecule has 1 heterocycles. The first-order valence-corrected chi connectivity index (χ1v) is 4.81. The Kier molecular flexibility index (Phi) is 3.11. The van der Waals surface area contributed by atoms with Crippen molar-refractivity contribution in [3.63, 3.8) is 0 Å². The van der Waals surface area contributed by atoms with Gasteiger partial charge in [-0.2, -0.15) is 0 Å². The van der Waals surface area contributed by atoms with Crippen molar-refractivity contribution in [3.05, 3.63) is 15.4 Å². The second kappa shape index (κ2) is 3.91. The molecule has 3 nitrogen and oxygen atoms in total. The Balaban J connectivity index is 2.62. The predicted molar refractivity (Wildman–Crippen MR) is 49.9 cm³/mol. The summed E-state index contributed by atoms with van der Waals surface area (Å²) in [6, 6.07) is 1.89. The smallest absolute Gasteiger partial charge is 0.341 e. The van der Waals surface area contributed by atoms with Gasteiger partial charge in [0.25, 0.3) is 0 Å². The number of carboxylic acids is 1. The number of hydrogen-bond donors (Lipinski definition) is 1. The second-order valence-electron chi connectivity index (χ2n) is 2.17. The van der Waals surface area contributed by atoms with Crippen LogP contribution in [0.1, 0.15) is 4.88 Å². The molecule has 0 fully saturated rings. The minimum absolute atomic E-state index is 0.293. The summed E-state index contributed by atoms with van der Waals surface area (Å²) in [6.45, 7) is 1.64. The monoisotopic (exact) mass is 250 g/mol. The Morgan fingerprint density at radius 2 is 2.50 bits per heavy atom. The number of hydrogen-bond acceptors (Lipinski definition) is 3. The molecular weight excluding hydrogens is 244 g/mol. The quantitative estimate of drug-likeness (QED) is 0.896. The summed E-state index contributed by atoms with van der Waals surface area (Å²) in [6.07, 6.45) is 0. The molecule has 0 unspecified atom stereocenters. The van der Waals surface area contributed by atoms with Crippen LogP contribution in [-0.2, 0) is 4.79 Å². The average molecular weight is 251 g/mol. The van der Waals surface area contributed by atoms with E-state index in [0.29, 0.717) is 5.06 Å². The highest BCUT2D eigenvalue weighted by atomic mass is 79.9. The van der Waals surface area contributed by atoms with Crippen molar-refractivity contribution < 1.29 is 14.6 Å². The maximum atomic E-state index is 10.2. The molecule has 0 saturated heterocycles. The second-order valence-corrected chi connectivity index (χ2v) is 4.25. The molecule has 1 aromatic rings. The molecule has 0 atom stereocenters. The fourth-order valence-corrected chi connectivity index (χ4v) is 2.28. The summed E-state index contributed by atoms with van der Waals surface area (Å²) in [7, 11) is 0. The molecule has 0 aromatic carbocycles. The highest BCUT2D eigenvalue weighted by molar-refractivity contribution is 9.10. The third kappa shape index (κ3) is 2.49. The van der Waals surface area contributed by atoms with Gasteiger partial charge in [-0.3, -0.25) is 0 Å². The Bertz CT molecular complexity index is 295. The Hall–Kier alpha value is -0.550. The van der Waals surface area contributed by atoms with Gasteiger partial charge in [-0.05, 0) is 28.9 Å². The number of carboxylic acid groups (broad SMARTS) is 1. The zero-order chi connectivity index (χ0) is 9.14. The standard InChI is InChI=1S/C7H7BrO3S/c1-4-2-5(8)7(12-4)11-3-6(9)10/h2H,3H2,1H3,(H,9,10). The van der Waals surface area contributed by atoms with Gasteiger partial charge >= 0.3 is 5.97 Å². The van der Waals surface area contributed by atoms with Gasteiger partial charge in [0.15, 0.2) is 11.7 Å². The maximum absolute atomic E-state index is 10.2. The first-order valence-electron chi connectivity index (χ1n) is 3.20. The minimum atomic E-state index is -0.965. The summed E-state index contributed by atoms with van der Waals surface area (Å²) in [4.78, 5) is 11.2. The Morgan fingerprint density at radius 3 is 2.92 bits per heavy atom. The minimum Gasteiger partial charge on any atom is -0.479 e. The van der Waals surface area contributed by atoms with Gasteiger partial charge in [-0.25, -0.2) is 4.79 Å². The van der Waals surface area contributed by atoms with Crippen molar-refractivity contribution in [1.29, 1.82) is 0 Å². The largest absolute Gasteiger partial charge is 0.479 e. The van der Waals surface area contributed by atoms with Crippen molar-refractivity contribution in [2.24, 2.45) is 0 Å². The molecule has 0 aliphatic carbocycles. The predicted octanol–water partition coefficient (Wildman–Crippen LogP) is 2.28. The van der Waals surface area contributed by atoms with E-state index in [1.807, 2.05) is 13.0 Å². The fraction of sp³-hybridized carbons (Fsp3) is 0.286. The topological polar surface area (TPSA) is 46.5 Å². The molecule has 1 rings (SSSR count). The number of halogens is 1. The Morgan fingerprint density at radius 1 is 1.83 bits per heavy atom. The van der Waals surface area contributed by atoms with E-state index in [1.54, 1.807) is 0 Å². The highest BCUT2D eigenvalue weighted by Crippen LogP contribution is 2.34. The molecule has 5 heteroatoms. The summed E-state index contributed by atoms with van der Waals surface area (Å²) in [5, 5.41) is 8.96. The van der Waals surface area contributed by atoms with E-state index in [1.165, 1.54) is 11.3 Å². The van der Waals surface area contributed by atoms with Gasteiger partial charge in [0, 0.05) is 4.88 Å². The van der Waals surface area contributed by atoms with Crippen molar-refractivity contribution in [1.82, 2.24) is 0 Å². The zero-order valence-electron chi connectivity index (χ0n) is 6.33. The van der Waals surface area contributed by atoms with E-state index in [2.05, 4.69) is 15.9 Å². The highest BCUT2D eigenvalue weighted by Gasteiger charge is 2.06. The lowest BCUT2D eigenvalue weighted by Crippen LogP contribution is -2.08. The lowest BCUT2D eigenvalue weighted by Gasteiger charge is -1.98. The van der Waals surface area contributed by atoms with Gasteiger partial charge in [0.2, 0.25) is 0 Å². The van der Waals surface area contributed by atoms with Crippen LogP contribution >= 0.6 is 27.3 Å². The molecule has 0 amide bonds. The molecular formula is C7H7BrO3S. The lowest BCUT2D eigenvalue weighted by molar-refractivity contribution is -0.139. The molecule has 0 aliphatic heterocycles. The van der Waals surface area contributed by atoms with E-state index in [9.17, 15) is 4.79 Å². The van der Waals surface area contributed by atoms with Gasteiger partial charge in [0.1, 0.15) is 0 Å². The van der Waals surface area contributed by atoms with Crippen LogP contribution < -0.4 is 4.74 Å². The first kappa shape index (κ1) is 9.54. The molecule has 1 N–H and O–H groups in total. The molecule has 1 aromatic heterocycles. The number of ether oxygens (including phenoxy) is 1. The van der Waals surface area contributed by atoms with Crippen LogP contribution in [0.2, 0.25) is 0 Å².